The minimum absolute atomic E-state index is 0.296. The molecular formula is C13H17F3N2O. The number of piperazine rings is 1. The van der Waals surface area contributed by atoms with Gasteiger partial charge in [-0.3, -0.25) is 0 Å². The summed E-state index contributed by atoms with van der Waals surface area (Å²) < 4.78 is 41.7. The van der Waals surface area contributed by atoms with Crippen LogP contribution >= 0.6 is 0 Å². The molecule has 0 radical (unpaired) electrons. The van der Waals surface area contributed by atoms with E-state index in [2.05, 4.69) is 10.2 Å². The second-order valence-electron chi connectivity index (χ2n) is 4.61. The van der Waals surface area contributed by atoms with Gasteiger partial charge in [-0.2, -0.15) is 13.2 Å². The van der Waals surface area contributed by atoms with Gasteiger partial charge in [0.05, 0.1) is 5.69 Å². The Morgan fingerprint density at radius 1 is 1.26 bits per heavy atom. The lowest BCUT2D eigenvalue weighted by Crippen LogP contribution is -2.43. The van der Waals surface area contributed by atoms with Crippen molar-refractivity contribution in [2.45, 2.75) is 13.1 Å². The van der Waals surface area contributed by atoms with E-state index in [0.29, 0.717) is 5.75 Å². The largest absolute Gasteiger partial charge is 0.482 e. The van der Waals surface area contributed by atoms with Gasteiger partial charge in [-0.15, -0.1) is 0 Å². The Morgan fingerprint density at radius 2 is 1.95 bits per heavy atom. The predicted molar refractivity (Wildman–Crippen MR) is 67.8 cm³/mol. The SMILES string of the molecule is Cc1ccc(OCC(F)(F)F)c(N2CCNCC2)c1. The van der Waals surface area contributed by atoms with E-state index in [1.165, 1.54) is 0 Å². The molecule has 0 amide bonds. The third-order valence-electron chi connectivity index (χ3n) is 2.96. The standard InChI is InChI=1S/C13H17F3N2O/c1-10-2-3-12(19-9-13(14,15)16)11(8-10)18-6-4-17-5-7-18/h2-3,8,17H,4-7,9H2,1H3. The minimum Gasteiger partial charge on any atom is -0.482 e. The number of nitrogens with one attached hydrogen (secondary N) is 1. The van der Waals surface area contributed by atoms with Crippen LogP contribution in [0, 0.1) is 6.92 Å². The average Bonchev–Trinajstić information content (AvgIpc) is 2.37. The van der Waals surface area contributed by atoms with Crippen LogP contribution in [0.5, 0.6) is 5.75 Å². The molecule has 0 saturated carbocycles. The van der Waals surface area contributed by atoms with E-state index in [9.17, 15) is 13.2 Å². The molecule has 1 aliphatic heterocycles. The lowest BCUT2D eigenvalue weighted by atomic mass is 10.1. The first-order valence-electron chi connectivity index (χ1n) is 6.21. The van der Waals surface area contributed by atoms with Crippen LogP contribution in [0.2, 0.25) is 0 Å². The number of ether oxygens (including phenoxy) is 1. The molecule has 6 heteroatoms. The van der Waals surface area contributed by atoms with Crippen LogP contribution in [0.1, 0.15) is 5.56 Å². The van der Waals surface area contributed by atoms with Crippen LogP contribution in [-0.2, 0) is 0 Å². The van der Waals surface area contributed by atoms with Crippen molar-refractivity contribution < 1.29 is 17.9 Å². The first kappa shape index (κ1) is 14.0. The number of nitrogens with zero attached hydrogens (tertiary/aromatic N) is 1. The van der Waals surface area contributed by atoms with Crippen LogP contribution in [-0.4, -0.2) is 39.0 Å². The monoisotopic (exact) mass is 274 g/mol. The van der Waals surface area contributed by atoms with Crippen molar-refractivity contribution in [2.24, 2.45) is 0 Å². The normalized spacial score (nSPS) is 16.5. The first-order valence-corrected chi connectivity index (χ1v) is 6.21. The third-order valence-corrected chi connectivity index (χ3v) is 2.96. The molecule has 1 fully saturated rings. The van der Waals surface area contributed by atoms with E-state index < -0.39 is 12.8 Å². The summed E-state index contributed by atoms with van der Waals surface area (Å²) in [6, 6.07) is 5.24. The Balaban J connectivity index is 2.17. The topological polar surface area (TPSA) is 24.5 Å². The Kier molecular flexibility index (Phi) is 4.19. The fourth-order valence-electron chi connectivity index (χ4n) is 2.06. The zero-order chi connectivity index (χ0) is 13.9. The quantitative estimate of drug-likeness (QED) is 0.915. The van der Waals surface area contributed by atoms with Crippen LogP contribution in [0.15, 0.2) is 18.2 Å². The number of halogens is 3. The van der Waals surface area contributed by atoms with E-state index in [0.717, 1.165) is 37.4 Å². The Labute approximate surface area is 110 Å². The molecule has 0 unspecified atom stereocenters. The lowest BCUT2D eigenvalue weighted by Gasteiger charge is -2.31. The molecule has 2 rings (SSSR count). The zero-order valence-corrected chi connectivity index (χ0v) is 10.8. The van der Waals surface area contributed by atoms with E-state index in [1.807, 2.05) is 13.0 Å². The van der Waals surface area contributed by atoms with Gasteiger partial charge < -0.3 is 15.0 Å². The molecule has 0 spiro atoms. The van der Waals surface area contributed by atoms with Gasteiger partial charge in [-0.25, -0.2) is 0 Å². The van der Waals surface area contributed by atoms with Crippen LogP contribution in [0.4, 0.5) is 18.9 Å². The van der Waals surface area contributed by atoms with Crippen molar-refractivity contribution in [3.8, 4) is 5.75 Å². The number of rotatable bonds is 3. The summed E-state index contributed by atoms with van der Waals surface area (Å²) in [5.74, 6) is 0.296. The minimum atomic E-state index is -4.31. The van der Waals surface area contributed by atoms with Crippen molar-refractivity contribution in [3.63, 3.8) is 0 Å². The summed E-state index contributed by atoms with van der Waals surface area (Å²) in [6.45, 7) is 3.85. The molecule has 106 valence electrons. The third kappa shape index (κ3) is 4.02. The molecule has 1 N–H and O–H groups in total. The maximum absolute atomic E-state index is 12.2. The molecule has 0 atom stereocenters. The smallest absolute Gasteiger partial charge is 0.422 e. The van der Waals surface area contributed by atoms with E-state index >= 15 is 0 Å². The molecule has 1 heterocycles. The number of alkyl halides is 3. The predicted octanol–water partition coefficient (Wildman–Crippen LogP) is 2.35. The van der Waals surface area contributed by atoms with Crippen LogP contribution in [0.25, 0.3) is 0 Å². The Hall–Kier alpha value is -1.43. The van der Waals surface area contributed by atoms with E-state index in [4.69, 9.17) is 4.74 Å². The summed E-state index contributed by atoms with van der Waals surface area (Å²) in [7, 11) is 0. The highest BCUT2D eigenvalue weighted by Gasteiger charge is 2.29. The average molecular weight is 274 g/mol. The van der Waals surface area contributed by atoms with Gasteiger partial charge in [-0.05, 0) is 24.6 Å². The summed E-state index contributed by atoms with van der Waals surface area (Å²) in [4.78, 5) is 2.05. The van der Waals surface area contributed by atoms with Gasteiger partial charge in [-0.1, -0.05) is 6.07 Å². The zero-order valence-electron chi connectivity index (χ0n) is 10.8. The number of aryl methyl sites for hydroxylation is 1. The molecule has 3 nitrogen and oxygen atoms in total. The summed E-state index contributed by atoms with van der Waals surface area (Å²) >= 11 is 0. The number of hydrogen-bond donors (Lipinski definition) is 1. The van der Waals surface area contributed by atoms with Gasteiger partial charge in [0.25, 0.3) is 0 Å². The van der Waals surface area contributed by atoms with Gasteiger partial charge in [0, 0.05) is 26.2 Å². The van der Waals surface area contributed by atoms with Gasteiger partial charge >= 0.3 is 6.18 Å². The number of benzene rings is 1. The summed E-state index contributed by atoms with van der Waals surface area (Å²) in [6.07, 6.45) is -4.31. The van der Waals surface area contributed by atoms with Gasteiger partial charge in [0.15, 0.2) is 6.61 Å². The highest BCUT2D eigenvalue weighted by atomic mass is 19.4. The van der Waals surface area contributed by atoms with Crippen molar-refractivity contribution >= 4 is 5.69 Å². The number of hydrogen-bond acceptors (Lipinski definition) is 3. The van der Waals surface area contributed by atoms with Crippen molar-refractivity contribution in [1.29, 1.82) is 0 Å². The molecule has 1 saturated heterocycles. The lowest BCUT2D eigenvalue weighted by molar-refractivity contribution is -0.153. The van der Waals surface area contributed by atoms with Crippen molar-refractivity contribution in [1.82, 2.24) is 5.32 Å². The van der Waals surface area contributed by atoms with E-state index in [-0.39, 0.29) is 0 Å². The molecule has 1 aliphatic rings. The summed E-state index contributed by atoms with van der Waals surface area (Å²) in [5, 5.41) is 3.21. The Morgan fingerprint density at radius 3 is 2.58 bits per heavy atom. The fourth-order valence-corrected chi connectivity index (χ4v) is 2.06. The molecule has 0 aliphatic carbocycles. The Bertz CT molecular complexity index is 428. The second kappa shape index (κ2) is 5.69. The van der Waals surface area contributed by atoms with E-state index in [1.54, 1.807) is 12.1 Å². The second-order valence-corrected chi connectivity index (χ2v) is 4.61. The maximum atomic E-state index is 12.2. The first-order chi connectivity index (χ1) is 8.96. The molecular weight excluding hydrogens is 257 g/mol. The van der Waals surface area contributed by atoms with Gasteiger partial charge in [0.1, 0.15) is 5.75 Å². The molecule has 19 heavy (non-hydrogen) atoms. The molecule has 1 aromatic rings. The molecule has 0 bridgehead atoms. The highest BCUT2D eigenvalue weighted by Crippen LogP contribution is 2.31. The fraction of sp³-hybridized carbons (Fsp3) is 0.538. The molecule has 1 aromatic carbocycles. The molecule has 0 aromatic heterocycles. The summed E-state index contributed by atoms with van der Waals surface area (Å²) in [5.41, 5.74) is 1.75. The van der Waals surface area contributed by atoms with Crippen LogP contribution in [0.3, 0.4) is 0 Å². The van der Waals surface area contributed by atoms with Crippen molar-refractivity contribution in [2.75, 3.05) is 37.7 Å². The number of anilines is 1. The van der Waals surface area contributed by atoms with Gasteiger partial charge in [0.2, 0.25) is 0 Å². The van der Waals surface area contributed by atoms with Crippen LogP contribution < -0.4 is 15.0 Å². The van der Waals surface area contributed by atoms with Crippen molar-refractivity contribution in [3.05, 3.63) is 23.8 Å². The maximum Gasteiger partial charge on any atom is 0.422 e. The highest BCUT2D eigenvalue weighted by molar-refractivity contribution is 5.60.